The first kappa shape index (κ1) is 27.3. The summed E-state index contributed by atoms with van der Waals surface area (Å²) in [5, 5.41) is 0. The summed E-state index contributed by atoms with van der Waals surface area (Å²) >= 11 is 0. The Balaban J connectivity index is 1.66. The van der Waals surface area contributed by atoms with Crippen molar-refractivity contribution in [2.24, 2.45) is 0 Å². The van der Waals surface area contributed by atoms with Crippen LogP contribution in [0.2, 0.25) is 0 Å². The molecule has 0 saturated heterocycles. The van der Waals surface area contributed by atoms with E-state index in [1.807, 2.05) is 68.4 Å². The number of hydrogen-bond donors (Lipinski definition) is 0. The second-order valence-electron chi connectivity index (χ2n) is 9.66. The fourth-order valence-corrected chi connectivity index (χ4v) is 4.26. The SMILES string of the molecule is CCCCCCc1ccc(C(=O)N(CC(=O)N(CCc2ccccc2)Cc2ccco2)C(C)C)cc1. The zero-order valence-electron chi connectivity index (χ0n) is 22.0. The first-order chi connectivity index (χ1) is 17.5. The van der Waals surface area contributed by atoms with Crippen molar-refractivity contribution in [2.45, 2.75) is 71.9 Å². The highest BCUT2D eigenvalue weighted by Gasteiger charge is 2.25. The number of unbranched alkanes of at least 4 members (excludes halogenated alkanes) is 3. The fourth-order valence-electron chi connectivity index (χ4n) is 4.26. The van der Waals surface area contributed by atoms with Gasteiger partial charge in [0.05, 0.1) is 12.8 Å². The van der Waals surface area contributed by atoms with Crippen LogP contribution >= 0.6 is 0 Å². The second kappa shape index (κ2) is 14.3. The molecule has 36 heavy (non-hydrogen) atoms. The Morgan fingerprint density at radius 2 is 1.56 bits per heavy atom. The Hall–Kier alpha value is -3.34. The molecule has 0 N–H and O–H groups in total. The molecule has 0 unspecified atom stereocenters. The van der Waals surface area contributed by atoms with Gasteiger partial charge in [0.25, 0.3) is 5.91 Å². The molecule has 2 amide bonds. The minimum atomic E-state index is -0.114. The number of nitrogens with zero attached hydrogens (tertiary/aromatic N) is 2. The largest absolute Gasteiger partial charge is 0.467 e. The minimum absolute atomic E-state index is 0.0325. The third-order valence-corrected chi connectivity index (χ3v) is 6.50. The molecule has 0 atom stereocenters. The summed E-state index contributed by atoms with van der Waals surface area (Å²) in [7, 11) is 0. The molecule has 5 nitrogen and oxygen atoms in total. The summed E-state index contributed by atoms with van der Waals surface area (Å²) in [5.74, 6) is 0.530. The van der Waals surface area contributed by atoms with Gasteiger partial charge in [0.1, 0.15) is 12.3 Å². The maximum absolute atomic E-state index is 13.5. The number of furan rings is 1. The van der Waals surface area contributed by atoms with Crippen molar-refractivity contribution in [2.75, 3.05) is 13.1 Å². The minimum Gasteiger partial charge on any atom is -0.467 e. The third kappa shape index (κ3) is 8.40. The predicted molar refractivity (Wildman–Crippen MR) is 145 cm³/mol. The lowest BCUT2D eigenvalue weighted by Gasteiger charge is -2.30. The van der Waals surface area contributed by atoms with Gasteiger partial charge in [-0.05, 0) is 68.5 Å². The van der Waals surface area contributed by atoms with Crippen LogP contribution in [0.4, 0.5) is 0 Å². The third-order valence-electron chi connectivity index (χ3n) is 6.50. The van der Waals surface area contributed by atoms with Gasteiger partial charge >= 0.3 is 0 Å². The van der Waals surface area contributed by atoms with Crippen molar-refractivity contribution in [3.8, 4) is 0 Å². The Bertz CT molecular complexity index is 1040. The molecule has 3 rings (SSSR count). The van der Waals surface area contributed by atoms with E-state index in [0.717, 1.165) is 18.6 Å². The van der Waals surface area contributed by atoms with E-state index >= 15 is 0 Å². The zero-order chi connectivity index (χ0) is 25.8. The van der Waals surface area contributed by atoms with Crippen LogP contribution in [0.1, 0.15) is 73.7 Å². The van der Waals surface area contributed by atoms with Crippen LogP contribution < -0.4 is 0 Å². The summed E-state index contributed by atoms with van der Waals surface area (Å²) in [6.07, 6.45) is 8.28. The fraction of sp³-hybridized carbons (Fsp3) is 0.419. The number of amides is 2. The maximum Gasteiger partial charge on any atom is 0.254 e. The molecule has 0 spiro atoms. The van der Waals surface area contributed by atoms with Crippen LogP contribution in [0.5, 0.6) is 0 Å². The maximum atomic E-state index is 13.5. The van der Waals surface area contributed by atoms with Gasteiger partial charge in [0.15, 0.2) is 0 Å². The molecule has 0 aliphatic rings. The normalized spacial score (nSPS) is 11.0. The van der Waals surface area contributed by atoms with Crippen molar-refractivity contribution in [1.82, 2.24) is 9.80 Å². The van der Waals surface area contributed by atoms with Crippen LogP contribution in [-0.4, -0.2) is 40.7 Å². The van der Waals surface area contributed by atoms with Crippen molar-refractivity contribution < 1.29 is 14.0 Å². The van der Waals surface area contributed by atoms with Crippen LogP contribution in [-0.2, 0) is 24.2 Å². The smallest absolute Gasteiger partial charge is 0.254 e. The van der Waals surface area contributed by atoms with Crippen LogP contribution in [0, 0.1) is 0 Å². The first-order valence-corrected chi connectivity index (χ1v) is 13.2. The molecular formula is C31H40N2O3. The van der Waals surface area contributed by atoms with Gasteiger partial charge in [-0.1, -0.05) is 68.7 Å². The highest BCUT2D eigenvalue weighted by atomic mass is 16.3. The lowest BCUT2D eigenvalue weighted by molar-refractivity contribution is -0.133. The van der Waals surface area contributed by atoms with Gasteiger partial charge < -0.3 is 14.2 Å². The lowest BCUT2D eigenvalue weighted by Crippen LogP contribution is -2.46. The molecule has 1 heterocycles. The van der Waals surface area contributed by atoms with Gasteiger partial charge in [-0.2, -0.15) is 0 Å². The van der Waals surface area contributed by atoms with E-state index in [1.54, 1.807) is 16.1 Å². The van der Waals surface area contributed by atoms with Crippen molar-refractivity contribution >= 4 is 11.8 Å². The average molecular weight is 489 g/mol. The van der Waals surface area contributed by atoms with E-state index in [-0.39, 0.29) is 24.4 Å². The summed E-state index contributed by atoms with van der Waals surface area (Å²) in [6, 6.07) is 21.6. The van der Waals surface area contributed by atoms with Crippen LogP contribution in [0.25, 0.3) is 0 Å². The molecule has 0 aliphatic carbocycles. The molecule has 1 aromatic heterocycles. The monoisotopic (exact) mass is 488 g/mol. The highest BCUT2D eigenvalue weighted by Crippen LogP contribution is 2.15. The number of aryl methyl sites for hydroxylation is 1. The van der Waals surface area contributed by atoms with Gasteiger partial charge in [-0.3, -0.25) is 9.59 Å². The zero-order valence-corrected chi connectivity index (χ0v) is 22.0. The Labute approximate surface area is 216 Å². The van der Waals surface area contributed by atoms with Crippen molar-refractivity contribution in [1.29, 1.82) is 0 Å². The van der Waals surface area contributed by atoms with E-state index in [0.29, 0.717) is 18.7 Å². The number of carbonyl (C=O) groups is 2. The standard InChI is InChI=1S/C31H40N2O3/c1-4-5-6-8-14-27-16-18-28(19-17-27)31(35)33(25(2)3)24-30(34)32(23-29-15-11-22-36-29)21-20-26-12-9-7-10-13-26/h7,9-13,15-19,22,25H,4-6,8,14,20-21,23-24H2,1-3H3. The van der Waals surface area contributed by atoms with E-state index in [1.165, 1.54) is 36.8 Å². The molecule has 3 aromatic rings. The van der Waals surface area contributed by atoms with Gasteiger partial charge in [-0.15, -0.1) is 0 Å². The first-order valence-electron chi connectivity index (χ1n) is 13.2. The summed E-state index contributed by atoms with van der Waals surface area (Å²) in [5.41, 5.74) is 3.04. The van der Waals surface area contributed by atoms with Crippen LogP contribution in [0.3, 0.4) is 0 Å². The Morgan fingerprint density at radius 3 is 2.19 bits per heavy atom. The second-order valence-corrected chi connectivity index (χ2v) is 9.66. The number of carbonyl (C=O) groups excluding carboxylic acids is 2. The molecular weight excluding hydrogens is 448 g/mol. The molecule has 2 aromatic carbocycles. The molecule has 0 aliphatic heterocycles. The van der Waals surface area contributed by atoms with E-state index in [9.17, 15) is 9.59 Å². The number of benzene rings is 2. The van der Waals surface area contributed by atoms with Crippen LogP contribution in [0.15, 0.2) is 77.4 Å². The lowest BCUT2D eigenvalue weighted by atomic mass is 10.0. The number of rotatable bonds is 14. The van der Waals surface area contributed by atoms with E-state index in [4.69, 9.17) is 4.42 Å². The van der Waals surface area contributed by atoms with E-state index in [2.05, 4.69) is 19.1 Å². The quantitative estimate of drug-likeness (QED) is 0.243. The van der Waals surface area contributed by atoms with Gasteiger partial charge in [0.2, 0.25) is 5.91 Å². The summed E-state index contributed by atoms with van der Waals surface area (Å²) in [6.45, 7) is 7.08. The molecule has 0 radical (unpaired) electrons. The van der Waals surface area contributed by atoms with Crippen molar-refractivity contribution in [3.63, 3.8) is 0 Å². The predicted octanol–water partition coefficient (Wildman–Crippen LogP) is 6.52. The average Bonchev–Trinajstić information content (AvgIpc) is 3.41. The molecule has 5 heteroatoms. The van der Waals surface area contributed by atoms with E-state index < -0.39 is 0 Å². The molecule has 0 fully saturated rings. The topological polar surface area (TPSA) is 53.8 Å². The summed E-state index contributed by atoms with van der Waals surface area (Å²) in [4.78, 5) is 30.3. The van der Waals surface area contributed by atoms with Gasteiger partial charge in [-0.25, -0.2) is 0 Å². The van der Waals surface area contributed by atoms with Crippen molar-refractivity contribution in [3.05, 3.63) is 95.4 Å². The Kier molecular flexibility index (Phi) is 10.8. The molecule has 0 saturated carbocycles. The summed E-state index contributed by atoms with van der Waals surface area (Å²) < 4.78 is 5.51. The highest BCUT2D eigenvalue weighted by molar-refractivity contribution is 5.96. The molecule has 192 valence electrons. The van der Waals surface area contributed by atoms with Gasteiger partial charge in [0, 0.05) is 18.2 Å². The number of hydrogen-bond acceptors (Lipinski definition) is 3. The molecule has 0 bridgehead atoms. The Morgan fingerprint density at radius 1 is 0.833 bits per heavy atom.